The number of carbonyl (C=O) groups is 3. The van der Waals surface area contributed by atoms with Crippen LogP contribution in [0.15, 0.2) is 78.9 Å². The third kappa shape index (κ3) is 7.89. The molecule has 3 amide bonds. The molecule has 0 spiro atoms. The van der Waals surface area contributed by atoms with Crippen LogP contribution in [0, 0.1) is 5.92 Å². The molecule has 47 heavy (non-hydrogen) atoms. The number of alkyl carbamates (subject to hydrolysis) is 1. The van der Waals surface area contributed by atoms with Gasteiger partial charge in [0.05, 0.1) is 37.9 Å². The molecule has 3 aliphatic heterocycles. The van der Waals surface area contributed by atoms with Gasteiger partial charge in [0.2, 0.25) is 5.91 Å². The molecule has 3 aliphatic rings. The van der Waals surface area contributed by atoms with Crippen molar-refractivity contribution in [1.82, 2.24) is 15.1 Å². The van der Waals surface area contributed by atoms with E-state index in [4.69, 9.17) is 14.2 Å². The molecule has 1 unspecified atom stereocenters. The van der Waals surface area contributed by atoms with Gasteiger partial charge in [-0.15, -0.1) is 0 Å². The number of aliphatic hydroxyl groups is 2. The maximum atomic E-state index is 13.0. The van der Waals surface area contributed by atoms with Crippen LogP contribution >= 0.6 is 0 Å². The lowest BCUT2D eigenvalue weighted by atomic mass is 9.90. The summed E-state index contributed by atoms with van der Waals surface area (Å²) >= 11 is 0. The molecule has 0 aliphatic carbocycles. The number of benzene rings is 3. The fraction of sp³-hybridized carbons (Fsp3) is 0.417. The first-order valence-corrected chi connectivity index (χ1v) is 16.1. The minimum atomic E-state index is -0.979. The average molecular weight is 644 g/mol. The van der Waals surface area contributed by atoms with Gasteiger partial charge < -0.3 is 29.7 Å². The van der Waals surface area contributed by atoms with Crippen molar-refractivity contribution in [2.45, 2.75) is 70.2 Å². The molecule has 3 saturated heterocycles. The Hall–Kier alpha value is -4.13. The van der Waals surface area contributed by atoms with E-state index in [0.29, 0.717) is 13.1 Å². The molecule has 0 bridgehead atoms. The molecule has 3 fully saturated rings. The van der Waals surface area contributed by atoms with Crippen LogP contribution in [-0.2, 0) is 43.6 Å². The highest BCUT2D eigenvalue weighted by atomic mass is 16.7. The van der Waals surface area contributed by atoms with Crippen LogP contribution in [0.3, 0.4) is 0 Å². The van der Waals surface area contributed by atoms with Crippen LogP contribution in [0.2, 0.25) is 0 Å². The van der Waals surface area contributed by atoms with E-state index < -0.39 is 24.3 Å². The number of hydrogen-bond donors (Lipinski definition) is 3. The van der Waals surface area contributed by atoms with E-state index in [1.807, 2.05) is 78.9 Å². The van der Waals surface area contributed by atoms with Gasteiger partial charge in [-0.2, -0.15) is 0 Å². The predicted octanol–water partition coefficient (Wildman–Crippen LogP) is 3.59. The molecular formula is C36H41N3O8. The lowest BCUT2D eigenvalue weighted by Crippen LogP contribution is -2.44. The first-order chi connectivity index (χ1) is 22.8. The van der Waals surface area contributed by atoms with Crippen LogP contribution in [0.5, 0.6) is 0 Å². The number of ether oxygens (including phenoxy) is 3. The number of nitrogens with zero attached hydrogens (tertiary/aromatic N) is 2. The minimum absolute atomic E-state index is 0.0209. The second-order valence-electron chi connectivity index (χ2n) is 12.5. The number of hydrogen-bond acceptors (Lipinski definition) is 9. The van der Waals surface area contributed by atoms with E-state index in [0.717, 1.165) is 45.7 Å². The van der Waals surface area contributed by atoms with Crippen LogP contribution in [0.1, 0.15) is 60.0 Å². The van der Waals surface area contributed by atoms with Crippen LogP contribution < -0.4 is 5.32 Å². The van der Waals surface area contributed by atoms with Gasteiger partial charge in [-0.3, -0.25) is 19.4 Å². The zero-order valence-electron chi connectivity index (χ0n) is 26.4. The highest BCUT2D eigenvalue weighted by molar-refractivity contribution is 6.06. The monoisotopic (exact) mass is 643 g/mol. The Morgan fingerprint density at radius 3 is 2.32 bits per heavy atom. The number of imide groups is 1. The third-order valence-corrected chi connectivity index (χ3v) is 9.15. The molecular weight excluding hydrogens is 602 g/mol. The topological polar surface area (TPSA) is 138 Å². The lowest BCUT2D eigenvalue weighted by Gasteiger charge is -2.42. The summed E-state index contributed by atoms with van der Waals surface area (Å²) in [5.41, 5.74) is 4.16. The Balaban J connectivity index is 1.10. The van der Waals surface area contributed by atoms with Gasteiger partial charge in [0.1, 0.15) is 12.6 Å². The summed E-state index contributed by atoms with van der Waals surface area (Å²) in [6.07, 6.45) is -1.56. The molecule has 3 N–H and O–H groups in total. The average Bonchev–Trinajstić information content (AvgIpc) is 3.62. The summed E-state index contributed by atoms with van der Waals surface area (Å²) < 4.78 is 18.3. The molecule has 11 nitrogen and oxygen atoms in total. The van der Waals surface area contributed by atoms with Crippen molar-refractivity contribution in [2.24, 2.45) is 5.92 Å². The molecule has 0 radical (unpaired) electrons. The molecule has 6 atom stereocenters. The molecule has 11 heteroatoms. The summed E-state index contributed by atoms with van der Waals surface area (Å²) in [4.78, 5) is 41.5. The van der Waals surface area contributed by atoms with Crippen molar-refractivity contribution in [3.63, 3.8) is 0 Å². The molecule has 248 valence electrons. The fourth-order valence-corrected chi connectivity index (χ4v) is 6.39. The Labute approximate surface area is 274 Å². The van der Waals surface area contributed by atoms with Gasteiger partial charge in [0, 0.05) is 31.1 Å². The zero-order chi connectivity index (χ0) is 32.9. The summed E-state index contributed by atoms with van der Waals surface area (Å²) in [7, 11) is 0. The van der Waals surface area contributed by atoms with Crippen molar-refractivity contribution in [2.75, 3.05) is 19.6 Å². The van der Waals surface area contributed by atoms with E-state index in [9.17, 15) is 24.6 Å². The standard InChI is InChI=1S/C36H41N3O8/c1-23-31(20-38-16-15-29(41)19-38)46-35(47-33(23)27-11-9-25(21-40)10-12-27)28-13-7-24(8-14-28)18-39-32(42)17-30(34(39)43)37-36(44)45-22-26-5-3-2-4-6-26/h2-14,23,29-31,33,35,40-41H,15-22H2,1H3,(H,37,44)/t23-,29-,30?,31+,33+,35+/m0/s1. The maximum absolute atomic E-state index is 13.0. The fourth-order valence-electron chi connectivity index (χ4n) is 6.39. The number of β-amino-alcohol motifs (C(OH)–C–C–N with tert-alkyl or cyclic N) is 1. The largest absolute Gasteiger partial charge is 0.445 e. The number of rotatable bonds is 10. The van der Waals surface area contributed by atoms with E-state index in [2.05, 4.69) is 17.1 Å². The van der Waals surface area contributed by atoms with Gasteiger partial charge >= 0.3 is 6.09 Å². The Kier molecular flexibility index (Phi) is 10.3. The van der Waals surface area contributed by atoms with E-state index in [-0.39, 0.29) is 56.3 Å². The van der Waals surface area contributed by atoms with Gasteiger partial charge in [0.25, 0.3) is 5.91 Å². The van der Waals surface area contributed by atoms with Crippen molar-refractivity contribution < 1.29 is 38.8 Å². The summed E-state index contributed by atoms with van der Waals surface area (Å²) in [5, 5.41) is 22.1. The molecule has 3 aromatic rings. The minimum Gasteiger partial charge on any atom is -0.445 e. The van der Waals surface area contributed by atoms with Gasteiger partial charge in [-0.25, -0.2) is 4.79 Å². The van der Waals surface area contributed by atoms with E-state index in [1.165, 1.54) is 0 Å². The molecule has 3 heterocycles. The number of amides is 3. The SMILES string of the molecule is C[C@H]1[C@@H](CN2CC[C@H](O)C2)O[C@@H](c2ccc(CN3C(=O)CC(NC(=O)OCc4ccccc4)C3=O)cc2)O[C@H]1c1ccc(CO)cc1. The number of nitrogens with one attached hydrogen (secondary N) is 1. The van der Waals surface area contributed by atoms with Crippen molar-refractivity contribution in [3.05, 3.63) is 107 Å². The van der Waals surface area contributed by atoms with Gasteiger partial charge in [0.15, 0.2) is 6.29 Å². The number of likely N-dealkylation sites (tertiary alicyclic amines) is 2. The first-order valence-electron chi connectivity index (χ1n) is 16.1. The van der Waals surface area contributed by atoms with E-state index in [1.54, 1.807) is 0 Å². The normalized spacial score (nSPS) is 26.5. The Morgan fingerprint density at radius 1 is 0.936 bits per heavy atom. The quantitative estimate of drug-likeness (QED) is 0.283. The molecule has 0 saturated carbocycles. The van der Waals surface area contributed by atoms with Gasteiger partial charge in [-0.1, -0.05) is 85.8 Å². The smallest absolute Gasteiger partial charge is 0.408 e. The highest BCUT2D eigenvalue weighted by Gasteiger charge is 2.41. The van der Waals surface area contributed by atoms with Gasteiger partial charge in [-0.05, 0) is 28.7 Å². The second-order valence-corrected chi connectivity index (χ2v) is 12.5. The van der Waals surface area contributed by atoms with Crippen molar-refractivity contribution in [3.8, 4) is 0 Å². The highest BCUT2D eigenvalue weighted by Crippen LogP contribution is 2.42. The van der Waals surface area contributed by atoms with Crippen LogP contribution in [-0.4, -0.2) is 75.8 Å². The first kappa shape index (κ1) is 32.8. The Bertz CT molecular complexity index is 1530. The number of carbonyl (C=O) groups excluding carboxylic acids is 3. The molecule has 3 aromatic carbocycles. The molecule has 0 aromatic heterocycles. The summed E-state index contributed by atoms with van der Waals surface area (Å²) in [6, 6.07) is 23.4. The third-order valence-electron chi connectivity index (χ3n) is 9.15. The van der Waals surface area contributed by atoms with Crippen molar-refractivity contribution >= 4 is 17.9 Å². The Morgan fingerprint density at radius 2 is 1.64 bits per heavy atom. The zero-order valence-corrected chi connectivity index (χ0v) is 26.4. The predicted molar refractivity (Wildman–Crippen MR) is 170 cm³/mol. The maximum Gasteiger partial charge on any atom is 0.408 e. The summed E-state index contributed by atoms with van der Waals surface area (Å²) in [6.45, 7) is 4.28. The molecule has 6 rings (SSSR count). The number of aliphatic hydroxyl groups excluding tert-OH is 2. The van der Waals surface area contributed by atoms with Crippen LogP contribution in [0.4, 0.5) is 4.79 Å². The van der Waals surface area contributed by atoms with Crippen LogP contribution in [0.25, 0.3) is 0 Å². The van der Waals surface area contributed by atoms with Crippen molar-refractivity contribution in [1.29, 1.82) is 0 Å². The summed E-state index contributed by atoms with van der Waals surface area (Å²) in [5.74, 6) is -0.827. The lowest BCUT2D eigenvalue weighted by molar-refractivity contribution is -0.276. The van der Waals surface area contributed by atoms with E-state index >= 15 is 0 Å². The second kappa shape index (κ2) is 14.7.